The van der Waals surface area contributed by atoms with Crippen LogP contribution in [-0.2, 0) is 6.42 Å². The predicted molar refractivity (Wildman–Crippen MR) is 72.2 cm³/mol. The highest BCUT2D eigenvalue weighted by Crippen LogP contribution is 2.22. The summed E-state index contributed by atoms with van der Waals surface area (Å²) < 4.78 is 5.75. The molecular weight excluding hydrogens is 226 g/mol. The average Bonchev–Trinajstić information content (AvgIpc) is 2.38. The van der Waals surface area contributed by atoms with E-state index in [1.807, 2.05) is 45.2 Å². The highest BCUT2D eigenvalue weighted by molar-refractivity contribution is 5.39. The van der Waals surface area contributed by atoms with Crippen molar-refractivity contribution in [3.05, 3.63) is 41.7 Å². The molecule has 1 heterocycles. The summed E-state index contributed by atoms with van der Waals surface area (Å²) in [4.78, 5) is 8.68. The lowest BCUT2D eigenvalue weighted by Crippen LogP contribution is -2.01. The minimum Gasteiger partial charge on any atom is -0.439 e. The highest BCUT2D eigenvalue weighted by atomic mass is 16.5. The Balaban J connectivity index is 2.28. The molecule has 1 N–H and O–H groups in total. The minimum absolute atomic E-state index is 0.566. The van der Waals surface area contributed by atoms with E-state index in [2.05, 4.69) is 15.3 Å². The molecule has 0 saturated heterocycles. The second kappa shape index (κ2) is 5.49. The Morgan fingerprint density at radius 1 is 1.22 bits per heavy atom. The summed E-state index contributed by atoms with van der Waals surface area (Å²) in [6.07, 6.45) is 0.777. The van der Waals surface area contributed by atoms with Crippen LogP contribution in [0.1, 0.15) is 18.3 Å². The summed E-state index contributed by atoms with van der Waals surface area (Å²) in [7, 11) is 1.83. The number of nitrogens with one attached hydrogen (secondary N) is 1. The molecule has 0 aliphatic rings. The summed E-state index contributed by atoms with van der Waals surface area (Å²) in [5, 5.41) is 3.01. The van der Waals surface area contributed by atoms with Crippen LogP contribution in [0.5, 0.6) is 11.6 Å². The average molecular weight is 243 g/mol. The maximum absolute atomic E-state index is 5.75. The highest BCUT2D eigenvalue weighted by Gasteiger charge is 2.04. The fourth-order valence-corrected chi connectivity index (χ4v) is 1.61. The molecule has 0 fully saturated rings. The summed E-state index contributed by atoms with van der Waals surface area (Å²) >= 11 is 0. The number of benzene rings is 1. The van der Waals surface area contributed by atoms with Crippen LogP contribution in [0, 0.1) is 6.92 Å². The second-order valence-electron chi connectivity index (χ2n) is 4.03. The van der Waals surface area contributed by atoms with E-state index in [-0.39, 0.29) is 0 Å². The normalized spacial score (nSPS) is 10.2. The fourth-order valence-electron chi connectivity index (χ4n) is 1.61. The maximum atomic E-state index is 5.75. The van der Waals surface area contributed by atoms with Crippen LogP contribution in [0.4, 0.5) is 5.82 Å². The number of hydrogen-bond donors (Lipinski definition) is 1. The first-order valence-corrected chi connectivity index (χ1v) is 6.01. The van der Waals surface area contributed by atoms with E-state index in [4.69, 9.17) is 4.74 Å². The van der Waals surface area contributed by atoms with Crippen LogP contribution in [0.3, 0.4) is 0 Å². The number of nitrogens with zero attached hydrogens (tertiary/aromatic N) is 2. The van der Waals surface area contributed by atoms with Gasteiger partial charge in [0.1, 0.15) is 17.4 Å². The van der Waals surface area contributed by atoms with Crippen LogP contribution in [-0.4, -0.2) is 17.0 Å². The van der Waals surface area contributed by atoms with Crippen molar-refractivity contribution in [2.24, 2.45) is 0 Å². The summed E-state index contributed by atoms with van der Waals surface area (Å²) in [6, 6.07) is 9.68. The predicted octanol–water partition coefficient (Wildman–Crippen LogP) is 3.18. The molecule has 1 aromatic carbocycles. The Kier molecular flexibility index (Phi) is 3.77. The molecule has 0 aliphatic carbocycles. The van der Waals surface area contributed by atoms with E-state index in [1.54, 1.807) is 6.07 Å². The van der Waals surface area contributed by atoms with Crippen molar-refractivity contribution < 1.29 is 4.74 Å². The number of aromatic nitrogens is 2. The molecule has 4 heteroatoms. The molecule has 18 heavy (non-hydrogen) atoms. The summed E-state index contributed by atoms with van der Waals surface area (Å²) in [6.45, 7) is 4.05. The van der Waals surface area contributed by atoms with Crippen LogP contribution >= 0.6 is 0 Å². The Morgan fingerprint density at radius 2 is 2.06 bits per heavy atom. The number of anilines is 1. The molecule has 94 valence electrons. The smallest absolute Gasteiger partial charge is 0.224 e. The monoisotopic (exact) mass is 243 g/mol. The molecule has 0 spiro atoms. The molecule has 0 bridgehead atoms. The molecule has 0 unspecified atom stereocenters. The van der Waals surface area contributed by atoms with Gasteiger partial charge in [-0.15, -0.1) is 0 Å². The van der Waals surface area contributed by atoms with Gasteiger partial charge < -0.3 is 10.1 Å². The van der Waals surface area contributed by atoms with Gasteiger partial charge >= 0.3 is 0 Å². The van der Waals surface area contributed by atoms with E-state index in [9.17, 15) is 0 Å². The lowest BCUT2D eigenvalue weighted by atomic mass is 10.2. The quantitative estimate of drug-likeness (QED) is 0.895. The zero-order chi connectivity index (χ0) is 13.0. The molecule has 2 rings (SSSR count). The SMILES string of the molecule is CCc1nc(NC)cc(Oc2cccc(C)c2)n1. The van der Waals surface area contributed by atoms with Crippen molar-refractivity contribution in [2.45, 2.75) is 20.3 Å². The summed E-state index contributed by atoms with van der Waals surface area (Å²) in [5.41, 5.74) is 1.16. The van der Waals surface area contributed by atoms with E-state index in [1.165, 1.54) is 0 Å². The van der Waals surface area contributed by atoms with E-state index in [0.29, 0.717) is 5.88 Å². The standard InChI is InChI=1S/C14H17N3O/c1-4-12-16-13(15-3)9-14(17-12)18-11-7-5-6-10(2)8-11/h5-9H,4H2,1-3H3,(H,15,16,17). The van der Waals surface area contributed by atoms with Gasteiger partial charge in [-0.25, -0.2) is 4.98 Å². The Hall–Kier alpha value is -2.10. The summed E-state index contributed by atoms with van der Waals surface area (Å²) in [5.74, 6) is 2.89. The molecule has 0 saturated carbocycles. The van der Waals surface area contributed by atoms with E-state index < -0.39 is 0 Å². The third kappa shape index (κ3) is 2.97. The Bertz CT molecular complexity index is 518. The Labute approximate surface area is 107 Å². The zero-order valence-corrected chi connectivity index (χ0v) is 10.9. The largest absolute Gasteiger partial charge is 0.439 e. The van der Waals surface area contributed by atoms with Gasteiger partial charge in [0.2, 0.25) is 5.88 Å². The van der Waals surface area contributed by atoms with E-state index in [0.717, 1.165) is 29.4 Å². The molecule has 0 aliphatic heterocycles. The minimum atomic E-state index is 0.566. The number of rotatable bonds is 4. The first-order valence-electron chi connectivity index (χ1n) is 6.01. The zero-order valence-electron chi connectivity index (χ0n) is 10.9. The van der Waals surface area contributed by atoms with Crippen LogP contribution in [0.15, 0.2) is 30.3 Å². The van der Waals surface area contributed by atoms with Crippen molar-refractivity contribution in [1.82, 2.24) is 9.97 Å². The first-order chi connectivity index (χ1) is 8.71. The topological polar surface area (TPSA) is 47.0 Å². The molecule has 2 aromatic rings. The van der Waals surface area contributed by atoms with Crippen molar-refractivity contribution in [2.75, 3.05) is 12.4 Å². The van der Waals surface area contributed by atoms with Crippen LogP contribution < -0.4 is 10.1 Å². The van der Waals surface area contributed by atoms with E-state index >= 15 is 0 Å². The van der Waals surface area contributed by atoms with Crippen molar-refractivity contribution in [3.63, 3.8) is 0 Å². The van der Waals surface area contributed by atoms with Crippen molar-refractivity contribution in [1.29, 1.82) is 0 Å². The fraction of sp³-hybridized carbons (Fsp3) is 0.286. The lowest BCUT2D eigenvalue weighted by molar-refractivity contribution is 0.459. The van der Waals surface area contributed by atoms with Crippen molar-refractivity contribution >= 4 is 5.82 Å². The van der Waals surface area contributed by atoms with Gasteiger partial charge in [0.05, 0.1) is 0 Å². The molecule has 0 radical (unpaired) electrons. The van der Waals surface area contributed by atoms with Crippen LogP contribution in [0.25, 0.3) is 0 Å². The van der Waals surface area contributed by atoms with Gasteiger partial charge in [-0.2, -0.15) is 4.98 Å². The van der Waals surface area contributed by atoms with Gasteiger partial charge in [-0.1, -0.05) is 19.1 Å². The van der Waals surface area contributed by atoms with Gasteiger partial charge in [-0.3, -0.25) is 0 Å². The van der Waals surface area contributed by atoms with Crippen molar-refractivity contribution in [3.8, 4) is 11.6 Å². The van der Waals surface area contributed by atoms with Gasteiger partial charge in [0, 0.05) is 19.5 Å². The maximum Gasteiger partial charge on any atom is 0.224 e. The van der Waals surface area contributed by atoms with Crippen LogP contribution in [0.2, 0.25) is 0 Å². The molecule has 0 amide bonds. The lowest BCUT2D eigenvalue weighted by Gasteiger charge is -2.08. The number of hydrogen-bond acceptors (Lipinski definition) is 4. The first kappa shape index (κ1) is 12.4. The van der Waals surface area contributed by atoms with Gasteiger partial charge in [-0.05, 0) is 24.6 Å². The second-order valence-corrected chi connectivity index (χ2v) is 4.03. The molecule has 4 nitrogen and oxygen atoms in total. The third-order valence-corrected chi connectivity index (χ3v) is 2.53. The number of aryl methyl sites for hydroxylation is 2. The van der Waals surface area contributed by atoms with Gasteiger partial charge in [0.15, 0.2) is 0 Å². The molecule has 1 aromatic heterocycles. The molecular formula is C14H17N3O. The third-order valence-electron chi connectivity index (χ3n) is 2.53. The van der Waals surface area contributed by atoms with Gasteiger partial charge in [0.25, 0.3) is 0 Å². The molecule has 0 atom stereocenters. The number of ether oxygens (including phenoxy) is 1. The Morgan fingerprint density at radius 3 is 2.72 bits per heavy atom.